The van der Waals surface area contributed by atoms with Crippen LogP contribution >= 0.6 is 15.9 Å². The smallest absolute Gasteiger partial charge is 0.202 e. The summed E-state index contributed by atoms with van der Waals surface area (Å²) in [6, 6.07) is 0. The molecule has 2 bridgehead atoms. The van der Waals surface area contributed by atoms with Gasteiger partial charge in [0, 0.05) is 17.4 Å². The van der Waals surface area contributed by atoms with Crippen molar-refractivity contribution in [2.75, 3.05) is 7.11 Å². The van der Waals surface area contributed by atoms with Crippen LogP contribution < -0.4 is 0 Å². The van der Waals surface area contributed by atoms with Gasteiger partial charge in [-0.3, -0.25) is 9.59 Å². The van der Waals surface area contributed by atoms with E-state index in [0.29, 0.717) is 6.42 Å². The summed E-state index contributed by atoms with van der Waals surface area (Å²) in [6.07, 6.45) is 7.11. The van der Waals surface area contributed by atoms with Crippen LogP contribution in [-0.2, 0) is 14.3 Å². The highest BCUT2D eigenvalue weighted by molar-refractivity contribution is 9.11. The molecule has 0 heterocycles. The van der Waals surface area contributed by atoms with Gasteiger partial charge >= 0.3 is 0 Å². The molecule has 3 rings (SSSR count). The van der Waals surface area contributed by atoms with Crippen molar-refractivity contribution in [3.63, 3.8) is 0 Å². The Balaban J connectivity index is 2.14. The highest BCUT2D eigenvalue weighted by atomic mass is 79.9. The fraction of sp³-hybridized carbons (Fsp3) is 0.500. The number of halogens is 1. The molecule has 3 nitrogen and oxygen atoms in total. The summed E-state index contributed by atoms with van der Waals surface area (Å²) in [5.41, 5.74) is -0.979. The van der Waals surface area contributed by atoms with Crippen molar-refractivity contribution in [1.29, 1.82) is 0 Å². The Morgan fingerprint density at radius 3 is 2.85 bits per heavy atom. The van der Waals surface area contributed by atoms with Crippen LogP contribution in [0.2, 0.25) is 0 Å². The second-order valence-corrected chi connectivity index (χ2v) is 7.32. The summed E-state index contributed by atoms with van der Waals surface area (Å²) in [7, 11) is 1.44. The SMILES string of the molecule is C=C(Br)C[C@@]12C=C[C@@H](C1)[C@@H]1C(=O)C(OC)=CC(=O)[C@@]12C. The molecule has 0 radical (unpaired) electrons. The first-order valence-corrected chi connectivity index (χ1v) is 7.52. The first-order chi connectivity index (χ1) is 9.35. The number of carbonyl (C=O) groups is 2. The average molecular weight is 337 g/mol. The van der Waals surface area contributed by atoms with Crippen LogP contribution in [0.1, 0.15) is 19.8 Å². The number of hydrogen-bond acceptors (Lipinski definition) is 3. The molecule has 0 aliphatic heterocycles. The van der Waals surface area contributed by atoms with Gasteiger partial charge in [-0.25, -0.2) is 0 Å². The molecule has 0 aromatic carbocycles. The minimum absolute atomic E-state index is 0.000417. The lowest BCUT2D eigenvalue weighted by Gasteiger charge is -2.46. The number of rotatable bonds is 3. The zero-order chi connectivity index (χ0) is 14.7. The van der Waals surface area contributed by atoms with Crippen molar-refractivity contribution in [2.24, 2.45) is 22.7 Å². The minimum atomic E-state index is -0.678. The third-order valence-electron chi connectivity index (χ3n) is 5.37. The Morgan fingerprint density at radius 2 is 2.25 bits per heavy atom. The van der Waals surface area contributed by atoms with Crippen molar-refractivity contribution in [2.45, 2.75) is 19.8 Å². The van der Waals surface area contributed by atoms with Crippen LogP contribution in [0.4, 0.5) is 0 Å². The van der Waals surface area contributed by atoms with E-state index in [2.05, 4.69) is 34.7 Å². The summed E-state index contributed by atoms with van der Waals surface area (Å²) >= 11 is 3.42. The van der Waals surface area contributed by atoms with Crippen molar-refractivity contribution in [3.8, 4) is 0 Å². The number of ether oxygens (including phenoxy) is 1. The Bertz CT molecular complexity index is 589. The van der Waals surface area contributed by atoms with Gasteiger partial charge in [0.25, 0.3) is 0 Å². The van der Waals surface area contributed by atoms with Gasteiger partial charge in [-0.05, 0) is 23.2 Å². The zero-order valence-corrected chi connectivity index (χ0v) is 13.2. The van der Waals surface area contributed by atoms with Crippen molar-refractivity contribution < 1.29 is 14.3 Å². The van der Waals surface area contributed by atoms with E-state index in [1.54, 1.807) is 0 Å². The van der Waals surface area contributed by atoms with Crippen LogP contribution in [0.25, 0.3) is 0 Å². The number of carbonyl (C=O) groups excluding carboxylic acids is 2. The Morgan fingerprint density at radius 1 is 1.55 bits per heavy atom. The zero-order valence-electron chi connectivity index (χ0n) is 11.6. The third kappa shape index (κ3) is 1.46. The van der Waals surface area contributed by atoms with Gasteiger partial charge in [-0.2, -0.15) is 0 Å². The second-order valence-electron chi connectivity index (χ2n) is 6.20. The normalized spacial score (nSPS) is 41.6. The van der Waals surface area contributed by atoms with E-state index in [4.69, 9.17) is 4.74 Å². The molecular formula is C16H17BrO3. The second kappa shape index (κ2) is 4.17. The third-order valence-corrected chi connectivity index (χ3v) is 5.65. The molecule has 4 atom stereocenters. The molecule has 0 N–H and O–H groups in total. The standard InChI is InChI=1S/C16H17BrO3/c1-9(17)7-16-5-4-10(8-16)13-14(19)11(20-3)6-12(18)15(13,16)2/h4-6,10,13H,1,7-8H2,2-3H3/t10-,13+,15-,16-/m0/s1. The van der Waals surface area contributed by atoms with Crippen LogP contribution in [0.15, 0.2) is 35.0 Å². The van der Waals surface area contributed by atoms with E-state index in [1.807, 2.05) is 6.92 Å². The molecule has 3 aliphatic carbocycles. The maximum Gasteiger partial charge on any atom is 0.202 e. The first kappa shape index (κ1) is 13.8. The average Bonchev–Trinajstić information content (AvgIpc) is 2.87. The quantitative estimate of drug-likeness (QED) is 0.743. The Labute approximate surface area is 126 Å². The molecule has 1 fully saturated rings. The number of methoxy groups -OCH3 is 1. The number of allylic oxidation sites excluding steroid dienone is 5. The maximum absolute atomic E-state index is 12.7. The van der Waals surface area contributed by atoms with Crippen LogP contribution in [0, 0.1) is 22.7 Å². The highest BCUT2D eigenvalue weighted by Gasteiger charge is 2.68. The summed E-state index contributed by atoms with van der Waals surface area (Å²) in [4.78, 5) is 25.3. The fourth-order valence-electron chi connectivity index (χ4n) is 4.38. The van der Waals surface area contributed by atoms with Crippen molar-refractivity contribution >= 4 is 27.5 Å². The Kier molecular flexibility index (Phi) is 2.88. The number of Topliss-reactive ketones (excluding diaryl/α,β-unsaturated/α-hetero) is 1. The molecule has 0 unspecified atom stereocenters. The van der Waals surface area contributed by atoms with E-state index in [0.717, 1.165) is 10.9 Å². The van der Waals surface area contributed by atoms with Gasteiger partial charge in [0.2, 0.25) is 5.78 Å². The number of fused-ring (bicyclic) bond motifs is 5. The van der Waals surface area contributed by atoms with Gasteiger partial charge in [-0.15, -0.1) is 0 Å². The summed E-state index contributed by atoms with van der Waals surface area (Å²) in [6.45, 7) is 5.85. The van der Waals surface area contributed by atoms with Gasteiger partial charge in [-0.1, -0.05) is 41.6 Å². The highest BCUT2D eigenvalue weighted by Crippen LogP contribution is 2.68. The molecule has 0 spiro atoms. The minimum Gasteiger partial charge on any atom is -0.493 e. The Hall–Kier alpha value is -1.16. The maximum atomic E-state index is 12.7. The van der Waals surface area contributed by atoms with Gasteiger partial charge in [0.15, 0.2) is 11.5 Å². The van der Waals surface area contributed by atoms with Crippen LogP contribution in [0.3, 0.4) is 0 Å². The molecule has 3 aliphatic rings. The molecule has 106 valence electrons. The van der Waals surface area contributed by atoms with Crippen LogP contribution in [-0.4, -0.2) is 18.7 Å². The molecule has 0 aromatic heterocycles. The predicted molar refractivity (Wildman–Crippen MR) is 79.1 cm³/mol. The lowest BCUT2D eigenvalue weighted by molar-refractivity contribution is -0.142. The fourth-order valence-corrected chi connectivity index (χ4v) is 4.88. The largest absolute Gasteiger partial charge is 0.493 e. The molecule has 0 amide bonds. The summed E-state index contributed by atoms with van der Waals surface area (Å²) < 4.78 is 5.96. The summed E-state index contributed by atoms with van der Waals surface area (Å²) in [5, 5.41) is 0. The van der Waals surface area contributed by atoms with Gasteiger partial charge < -0.3 is 4.74 Å². The molecule has 4 heteroatoms. The molecule has 0 saturated heterocycles. The summed E-state index contributed by atoms with van der Waals surface area (Å²) in [5.74, 6) is -0.00856. The number of hydrogen-bond donors (Lipinski definition) is 0. The lowest BCUT2D eigenvalue weighted by atomic mass is 9.55. The molecule has 0 aromatic rings. The van der Waals surface area contributed by atoms with Crippen molar-refractivity contribution in [1.82, 2.24) is 0 Å². The number of ketones is 2. The monoisotopic (exact) mass is 336 g/mol. The predicted octanol–water partition coefficient (Wildman–Crippen LogP) is 3.17. The van der Waals surface area contributed by atoms with E-state index in [-0.39, 0.29) is 34.6 Å². The van der Waals surface area contributed by atoms with Crippen molar-refractivity contribution in [3.05, 3.63) is 35.0 Å². The van der Waals surface area contributed by atoms with E-state index in [1.165, 1.54) is 13.2 Å². The first-order valence-electron chi connectivity index (χ1n) is 6.73. The van der Waals surface area contributed by atoms with E-state index >= 15 is 0 Å². The topological polar surface area (TPSA) is 43.4 Å². The lowest BCUT2D eigenvalue weighted by Crippen LogP contribution is -2.51. The molecule has 20 heavy (non-hydrogen) atoms. The molecular weight excluding hydrogens is 320 g/mol. The van der Waals surface area contributed by atoms with E-state index < -0.39 is 5.41 Å². The van der Waals surface area contributed by atoms with Crippen LogP contribution in [0.5, 0.6) is 0 Å². The van der Waals surface area contributed by atoms with Gasteiger partial charge in [0.1, 0.15) is 0 Å². The van der Waals surface area contributed by atoms with Gasteiger partial charge in [0.05, 0.1) is 12.5 Å². The van der Waals surface area contributed by atoms with E-state index in [9.17, 15) is 9.59 Å². The molecule has 1 saturated carbocycles.